The molecule has 0 saturated heterocycles. The van der Waals surface area contributed by atoms with Gasteiger partial charge in [-0.1, -0.05) is 0 Å². The molecule has 1 N–H and O–H groups in total. The van der Waals surface area contributed by atoms with Gasteiger partial charge in [-0.2, -0.15) is 4.37 Å². The predicted octanol–water partition coefficient (Wildman–Crippen LogP) is 0.646. The summed E-state index contributed by atoms with van der Waals surface area (Å²) < 4.78 is 3.60. The van der Waals surface area contributed by atoms with Crippen molar-refractivity contribution < 1.29 is 9.90 Å². The van der Waals surface area contributed by atoms with Gasteiger partial charge in [-0.15, -0.1) is 0 Å². The molecule has 1 amide bonds. The van der Waals surface area contributed by atoms with Crippen LogP contribution in [-0.2, 0) is 5.11 Å². The molecule has 0 aromatic carbocycles. The number of hydrogen-bond donors (Lipinski definition) is 1. The number of aromatic nitrogens is 1. The fourth-order valence-corrected chi connectivity index (χ4v) is 0.982. The molecule has 0 aliphatic carbocycles. The Balaban J connectivity index is 2.85. The maximum Gasteiger partial charge on any atom is 0.270 e. The van der Waals surface area contributed by atoms with Crippen LogP contribution in [0.4, 0.5) is 0 Å². The Hall–Kier alpha value is -1.10. The van der Waals surface area contributed by atoms with Crippen LogP contribution in [0.25, 0.3) is 0 Å². The molecule has 1 rings (SSSR count). The predicted molar refractivity (Wildman–Crippen MR) is 35.6 cm³/mol. The van der Waals surface area contributed by atoms with E-state index in [1.54, 1.807) is 0 Å². The molecule has 1 aromatic heterocycles. The first-order chi connectivity index (χ1) is 4.74. The fourth-order valence-electron chi connectivity index (χ4n) is 0.494. The van der Waals surface area contributed by atoms with Crippen LogP contribution in [0.2, 0.25) is 0 Å². The molecule has 0 fully saturated rings. The largest absolute Gasteiger partial charge is 0.354 e. The van der Waals surface area contributed by atoms with Crippen molar-refractivity contribution in [3.8, 4) is 5.06 Å². The van der Waals surface area contributed by atoms with Crippen molar-refractivity contribution in [2.75, 3.05) is 7.05 Å². The van der Waals surface area contributed by atoms with Crippen molar-refractivity contribution in [2.45, 2.75) is 0 Å². The summed E-state index contributed by atoms with van der Waals surface area (Å²) in [5.41, 5.74) is 0.192. The van der Waals surface area contributed by atoms with E-state index in [0.29, 0.717) is 0 Å². The Labute approximate surface area is 61.7 Å². The number of rotatable bonds is 1. The average molecular weight is 157 g/mol. The van der Waals surface area contributed by atoms with Crippen LogP contribution in [0.3, 0.4) is 0 Å². The zero-order valence-electron chi connectivity index (χ0n) is 5.25. The standard InChI is InChI=1S/C5H5N2O2S/c1-6-5(9)3-2-4(8)10-7-3/h2H,1H3,(H,6,9). The number of carbonyl (C=O) groups excluding carboxylic acids is 1. The summed E-state index contributed by atoms with van der Waals surface area (Å²) in [4.78, 5) is 10.7. The highest BCUT2D eigenvalue weighted by molar-refractivity contribution is 7.07. The van der Waals surface area contributed by atoms with Crippen molar-refractivity contribution in [3.05, 3.63) is 11.8 Å². The van der Waals surface area contributed by atoms with Crippen molar-refractivity contribution >= 4 is 17.4 Å². The molecule has 0 aliphatic rings. The van der Waals surface area contributed by atoms with Crippen LogP contribution in [-0.4, -0.2) is 17.3 Å². The minimum Gasteiger partial charge on any atom is -0.354 e. The minimum absolute atomic E-state index is 0.192. The third-order valence-corrected chi connectivity index (χ3v) is 1.53. The van der Waals surface area contributed by atoms with E-state index in [0.717, 1.165) is 11.5 Å². The molecule has 53 valence electrons. The monoisotopic (exact) mass is 157 g/mol. The smallest absolute Gasteiger partial charge is 0.270 e. The summed E-state index contributed by atoms with van der Waals surface area (Å²) in [7, 11) is 1.49. The lowest BCUT2D eigenvalue weighted by molar-refractivity contribution is 0.0959. The molecule has 0 spiro atoms. The molecular weight excluding hydrogens is 152 g/mol. The number of amides is 1. The summed E-state index contributed by atoms with van der Waals surface area (Å²) in [6.07, 6.45) is 0. The second-order valence-electron chi connectivity index (χ2n) is 1.61. The van der Waals surface area contributed by atoms with Gasteiger partial charge in [0.15, 0.2) is 0 Å². The Morgan fingerprint density at radius 3 is 2.90 bits per heavy atom. The second-order valence-corrected chi connectivity index (χ2v) is 2.38. The van der Waals surface area contributed by atoms with Crippen LogP contribution < -0.4 is 5.32 Å². The first-order valence-corrected chi connectivity index (χ1v) is 3.37. The molecular formula is C5H5N2O2S. The molecule has 1 heterocycles. The topological polar surface area (TPSA) is 61.9 Å². The normalized spacial score (nSPS) is 9.30. The molecule has 10 heavy (non-hydrogen) atoms. The highest BCUT2D eigenvalue weighted by atomic mass is 32.1. The minimum atomic E-state index is -0.321. The van der Waals surface area contributed by atoms with E-state index >= 15 is 0 Å². The van der Waals surface area contributed by atoms with Gasteiger partial charge in [-0.25, -0.2) is 0 Å². The van der Waals surface area contributed by atoms with E-state index in [-0.39, 0.29) is 16.7 Å². The van der Waals surface area contributed by atoms with Crippen molar-refractivity contribution in [2.24, 2.45) is 0 Å². The van der Waals surface area contributed by atoms with E-state index in [1.807, 2.05) is 0 Å². The van der Waals surface area contributed by atoms with Gasteiger partial charge >= 0.3 is 0 Å². The zero-order valence-corrected chi connectivity index (χ0v) is 6.07. The lowest BCUT2D eigenvalue weighted by Crippen LogP contribution is -2.17. The lowest BCUT2D eigenvalue weighted by Gasteiger charge is -1.89. The third-order valence-electron chi connectivity index (χ3n) is 0.948. The van der Waals surface area contributed by atoms with E-state index < -0.39 is 0 Å². The first kappa shape index (κ1) is 7.01. The van der Waals surface area contributed by atoms with Crippen LogP contribution in [0, 0.1) is 0 Å². The molecule has 0 aliphatic heterocycles. The van der Waals surface area contributed by atoms with Crippen LogP contribution in [0.1, 0.15) is 10.5 Å². The summed E-state index contributed by atoms with van der Waals surface area (Å²) in [5, 5.41) is 12.7. The highest BCUT2D eigenvalue weighted by Crippen LogP contribution is 2.16. The van der Waals surface area contributed by atoms with Gasteiger partial charge in [0.05, 0.1) is 0 Å². The maximum absolute atomic E-state index is 10.7. The van der Waals surface area contributed by atoms with E-state index in [1.165, 1.54) is 13.1 Å². The van der Waals surface area contributed by atoms with Gasteiger partial charge in [0.1, 0.15) is 5.69 Å². The SMILES string of the molecule is CNC(=O)c1cc([O])sn1. The second kappa shape index (κ2) is 2.66. The van der Waals surface area contributed by atoms with Crippen molar-refractivity contribution in [1.82, 2.24) is 9.69 Å². The van der Waals surface area contributed by atoms with E-state index in [9.17, 15) is 9.90 Å². The molecule has 4 nitrogen and oxygen atoms in total. The quantitative estimate of drug-likeness (QED) is 0.650. The molecule has 0 atom stereocenters. The van der Waals surface area contributed by atoms with E-state index in [4.69, 9.17) is 0 Å². The van der Waals surface area contributed by atoms with Crippen LogP contribution in [0.15, 0.2) is 6.07 Å². The summed E-state index contributed by atoms with van der Waals surface area (Å²) in [5.74, 6) is -0.321. The number of nitrogens with one attached hydrogen (secondary N) is 1. The lowest BCUT2D eigenvalue weighted by atomic mass is 10.4. The van der Waals surface area contributed by atoms with Gasteiger partial charge in [0, 0.05) is 24.6 Å². The molecule has 0 saturated carbocycles. The summed E-state index contributed by atoms with van der Waals surface area (Å²) in [6.45, 7) is 0. The molecule has 0 bridgehead atoms. The Bertz CT molecular complexity index is 246. The fraction of sp³-hybridized carbons (Fsp3) is 0.200. The first-order valence-electron chi connectivity index (χ1n) is 2.60. The van der Waals surface area contributed by atoms with Crippen molar-refractivity contribution in [3.63, 3.8) is 0 Å². The van der Waals surface area contributed by atoms with Gasteiger partial charge < -0.3 is 5.32 Å². The van der Waals surface area contributed by atoms with Crippen molar-refractivity contribution in [1.29, 1.82) is 0 Å². The molecule has 5 heteroatoms. The van der Waals surface area contributed by atoms with Gasteiger partial charge in [-0.05, 0) is 0 Å². The highest BCUT2D eigenvalue weighted by Gasteiger charge is 2.07. The summed E-state index contributed by atoms with van der Waals surface area (Å²) in [6, 6.07) is 1.21. The zero-order chi connectivity index (χ0) is 7.56. The van der Waals surface area contributed by atoms with Crippen LogP contribution >= 0.6 is 11.5 Å². The maximum atomic E-state index is 10.7. The molecule has 0 unspecified atom stereocenters. The Kier molecular flexibility index (Phi) is 1.86. The average Bonchev–Trinajstić information content (AvgIpc) is 2.34. The number of hydrogen-bond acceptors (Lipinski definition) is 3. The van der Waals surface area contributed by atoms with E-state index in [2.05, 4.69) is 9.69 Å². The van der Waals surface area contributed by atoms with Gasteiger partial charge in [0.2, 0.25) is 0 Å². The third kappa shape index (κ3) is 1.24. The van der Waals surface area contributed by atoms with Crippen LogP contribution in [0.5, 0.6) is 5.06 Å². The number of nitrogens with zero attached hydrogens (tertiary/aromatic N) is 1. The number of carbonyl (C=O) groups is 1. The Morgan fingerprint density at radius 1 is 1.80 bits per heavy atom. The molecule has 1 radical (unpaired) electrons. The molecule has 1 aromatic rings. The summed E-state index contributed by atoms with van der Waals surface area (Å²) >= 11 is 0.782. The van der Waals surface area contributed by atoms with Gasteiger partial charge in [-0.3, -0.25) is 9.90 Å². The Morgan fingerprint density at radius 2 is 2.50 bits per heavy atom. The van der Waals surface area contributed by atoms with Gasteiger partial charge in [0.25, 0.3) is 11.0 Å².